The highest BCUT2D eigenvalue weighted by molar-refractivity contribution is 6.30. The Bertz CT molecular complexity index is 642. The van der Waals surface area contributed by atoms with Crippen molar-refractivity contribution in [3.63, 3.8) is 0 Å². The Morgan fingerprint density at radius 2 is 2.00 bits per heavy atom. The Balaban J connectivity index is 2.09. The molecule has 0 fully saturated rings. The predicted octanol–water partition coefficient (Wildman–Crippen LogP) is 3.31. The number of amides is 1. The average molecular weight is 288 g/mol. The highest BCUT2D eigenvalue weighted by atomic mass is 35.5. The van der Waals surface area contributed by atoms with E-state index in [-0.39, 0.29) is 5.91 Å². The summed E-state index contributed by atoms with van der Waals surface area (Å²) < 4.78 is 0. The van der Waals surface area contributed by atoms with Gasteiger partial charge in [-0.05, 0) is 43.3 Å². The lowest BCUT2D eigenvalue weighted by Crippen LogP contribution is -2.44. The number of carbonyl (C=O) groups excluding carboxylic acids is 1. The maximum atomic E-state index is 12.3. The third-order valence-electron chi connectivity index (χ3n) is 3.39. The van der Waals surface area contributed by atoms with E-state index in [1.165, 1.54) is 0 Å². The van der Waals surface area contributed by atoms with Gasteiger partial charge in [0.2, 0.25) is 0 Å². The van der Waals surface area contributed by atoms with Crippen LogP contribution < -0.4 is 4.90 Å². The number of anilines is 2. The molecule has 1 aromatic heterocycles. The number of aromatic nitrogens is 1. The van der Waals surface area contributed by atoms with Crippen LogP contribution in [0.3, 0.4) is 0 Å². The molecule has 1 aliphatic heterocycles. The summed E-state index contributed by atoms with van der Waals surface area (Å²) in [7, 11) is 0. The molecule has 3 rings (SSSR count). The topological polar surface area (TPSA) is 36.4 Å². The summed E-state index contributed by atoms with van der Waals surface area (Å²) in [6.07, 6.45) is 1.70. The Labute approximate surface area is 122 Å². The van der Waals surface area contributed by atoms with Gasteiger partial charge in [-0.1, -0.05) is 11.6 Å². The van der Waals surface area contributed by atoms with Crippen LogP contribution in [0, 0.1) is 0 Å². The van der Waals surface area contributed by atoms with E-state index in [1.54, 1.807) is 17.2 Å². The van der Waals surface area contributed by atoms with Crippen molar-refractivity contribution in [2.24, 2.45) is 0 Å². The van der Waals surface area contributed by atoms with Crippen molar-refractivity contribution >= 4 is 29.0 Å². The highest BCUT2D eigenvalue weighted by Crippen LogP contribution is 2.31. The molecule has 1 aromatic carbocycles. The molecule has 4 nitrogen and oxygen atoms in total. The lowest BCUT2D eigenvalue weighted by Gasteiger charge is -2.36. The number of hydrogen-bond donors (Lipinski definition) is 0. The smallest absolute Gasteiger partial charge is 0.259 e. The fourth-order valence-electron chi connectivity index (χ4n) is 2.32. The van der Waals surface area contributed by atoms with Crippen molar-refractivity contribution in [3.05, 3.63) is 53.2 Å². The third-order valence-corrected chi connectivity index (χ3v) is 3.64. The molecule has 2 heterocycles. The quantitative estimate of drug-likeness (QED) is 0.850. The molecule has 5 heteroatoms. The zero-order valence-electron chi connectivity index (χ0n) is 11.1. The minimum Gasteiger partial charge on any atom is -0.321 e. The Morgan fingerprint density at radius 3 is 2.70 bits per heavy atom. The summed E-state index contributed by atoms with van der Waals surface area (Å²) in [5.74, 6) is 0.727. The fraction of sp³-hybridized carbons (Fsp3) is 0.200. The Hall–Kier alpha value is -2.07. The minimum absolute atomic E-state index is 0.0285. The monoisotopic (exact) mass is 287 g/mol. The second-order valence-electron chi connectivity index (χ2n) is 4.58. The van der Waals surface area contributed by atoms with Gasteiger partial charge in [-0.25, -0.2) is 4.98 Å². The van der Waals surface area contributed by atoms with E-state index in [0.717, 1.165) is 5.69 Å². The Kier molecular flexibility index (Phi) is 3.32. The number of hydrogen-bond acceptors (Lipinski definition) is 3. The van der Waals surface area contributed by atoms with Gasteiger partial charge >= 0.3 is 0 Å². The van der Waals surface area contributed by atoms with Gasteiger partial charge in [0.1, 0.15) is 5.82 Å². The lowest BCUT2D eigenvalue weighted by atomic mass is 10.1. The average Bonchev–Trinajstić information content (AvgIpc) is 2.49. The van der Waals surface area contributed by atoms with Crippen molar-refractivity contribution in [3.8, 4) is 0 Å². The first kappa shape index (κ1) is 12.9. The lowest BCUT2D eigenvalue weighted by molar-refractivity contribution is 0.0755. The molecule has 2 aromatic rings. The van der Waals surface area contributed by atoms with Crippen LogP contribution in [0.5, 0.6) is 0 Å². The number of nitrogens with zero attached hydrogens (tertiary/aromatic N) is 3. The number of fused-ring (bicyclic) bond motifs is 1. The van der Waals surface area contributed by atoms with E-state index in [0.29, 0.717) is 29.6 Å². The van der Waals surface area contributed by atoms with Gasteiger partial charge in [-0.3, -0.25) is 4.79 Å². The predicted molar refractivity (Wildman–Crippen MR) is 79.4 cm³/mol. The van der Waals surface area contributed by atoms with E-state index < -0.39 is 0 Å². The molecule has 0 spiro atoms. The molecule has 0 atom stereocenters. The van der Waals surface area contributed by atoms with E-state index in [1.807, 2.05) is 42.2 Å². The van der Waals surface area contributed by atoms with Crippen LogP contribution in [0.1, 0.15) is 17.3 Å². The molecule has 0 saturated carbocycles. The maximum Gasteiger partial charge on any atom is 0.259 e. The second kappa shape index (κ2) is 5.13. The minimum atomic E-state index is 0.0285. The summed E-state index contributed by atoms with van der Waals surface area (Å²) in [5, 5.41) is 0.690. The fourth-order valence-corrected chi connectivity index (χ4v) is 2.45. The van der Waals surface area contributed by atoms with Crippen molar-refractivity contribution in [2.75, 3.05) is 18.1 Å². The van der Waals surface area contributed by atoms with E-state index in [4.69, 9.17) is 11.6 Å². The first-order chi connectivity index (χ1) is 9.70. The van der Waals surface area contributed by atoms with E-state index >= 15 is 0 Å². The van der Waals surface area contributed by atoms with Crippen LogP contribution in [0.15, 0.2) is 42.6 Å². The summed E-state index contributed by atoms with van der Waals surface area (Å²) in [5.41, 5.74) is 1.61. The second-order valence-corrected chi connectivity index (χ2v) is 5.02. The van der Waals surface area contributed by atoms with Gasteiger partial charge in [0, 0.05) is 23.5 Å². The van der Waals surface area contributed by atoms with Gasteiger partial charge in [-0.15, -0.1) is 0 Å². The molecule has 0 N–H and O–H groups in total. The number of rotatable bonds is 2. The van der Waals surface area contributed by atoms with Gasteiger partial charge in [0.15, 0.2) is 0 Å². The van der Waals surface area contributed by atoms with Crippen molar-refractivity contribution < 1.29 is 4.79 Å². The van der Waals surface area contributed by atoms with Crippen LogP contribution in [-0.2, 0) is 0 Å². The Morgan fingerprint density at radius 1 is 1.25 bits per heavy atom. The molecule has 0 unspecified atom stereocenters. The van der Waals surface area contributed by atoms with E-state index in [2.05, 4.69) is 4.98 Å². The number of halogens is 1. The highest BCUT2D eigenvalue weighted by Gasteiger charge is 2.29. The van der Waals surface area contributed by atoms with Crippen molar-refractivity contribution in [1.29, 1.82) is 0 Å². The molecule has 0 radical (unpaired) electrons. The third kappa shape index (κ3) is 2.12. The molecule has 0 bridgehead atoms. The number of carbonyl (C=O) groups is 1. The molecule has 0 aliphatic carbocycles. The molecule has 1 amide bonds. The summed E-state index contributed by atoms with van der Waals surface area (Å²) in [4.78, 5) is 20.5. The van der Waals surface area contributed by atoms with Gasteiger partial charge < -0.3 is 9.80 Å². The summed E-state index contributed by atoms with van der Waals surface area (Å²) >= 11 is 5.93. The van der Waals surface area contributed by atoms with Crippen LogP contribution in [0.25, 0.3) is 0 Å². The van der Waals surface area contributed by atoms with Gasteiger partial charge in [0.25, 0.3) is 5.91 Å². The largest absolute Gasteiger partial charge is 0.321 e. The van der Waals surface area contributed by atoms with Crippen LogP contribution in [0.4, 0.5) is 11.5 Å². The normalized spacial score (nSPS) is 14.4. The maximum absolute atomic E-state index is 12.3. The number of benzene rings is 1. The van der Waals surface area contributed by atoms with Gasteiger partial charge in [0.05, 0.1) is 12.2 Å². The van der Waals surface area contributed by atoms with Crippen molar-refractivity contribution in [2.45, 2.75) is 6.92 Å². The first-order valence-electron chi connectivity index (χ1n) is 6.48. The molecule has 0 saturated heterocycles. The molecule has 102 valence electrons. The van der Waals surface area contributed by atoms with E-state index in [9.17, 15) is 4.79 Å². The van der Waals surface area contributed by atoms with Crippen LogP contribution >= 0.6 is 11.6 Å². The standard InChI is InChI=1S/C15H14ClN3O/c1-2-18-10-19(12-7-5-11(16)6-8-12)14-13(15(18)20)4-3-9-17-14/h3-9H,2,10H2,1H3. The summed E-state index contributed by atoms with van der Waals surface area (Å²) in [6, 6.07) is 11.2. The molecule has 20 heavy (non-hydrogen) atoms. The van der Waals surface area contributed by atoms with Gasteiger partial charge in [-0.2, -0.15) is 0 Å². The van der Waals surface area contributed by atoms with Crippen LogP contribution in [0.2, 0.25) is 5.02 Å². The summed E-state index contributed by atoms with van der Waals surface area (Å²) in [6.45, 7) is 3.14. The van der Waals surface area contributed by atoms with Crippen molar-refractivity contribution in [1.82, 2.24) is 9.88 Å². The molecular formula is C15H14ClN3O. The molecular weight excluding hydrogens is 274 g/mol. The first-order valence-corrected chi connectivity index (χ1v) is 6.86. The zero-order valence-corrected chi connectivity index (χ0v) is 11.8. The van der Waals surface area contributed by atoms with Crippen LogP contribution in [-0.4, -0.2) is 29.0 Å². The molecule has 1 aliphatic rings. The SMILES string of the molecule is CCN1CN(c2ccc(Cl)cc2)c2ncccc2C1=O. The number of pyridine rings is 1. The zero-order chi connectivity index (χ0) is 14.1.